The Morgan fingerprint density at radius 2 is 1.85 bits per heavy atom. The van der Waals surface area contributed by atoms with E-state index in [4.69, 9.17) is 4.42 Å². The zero-order chi connectivity index (χ0) is 18.0. The lowest BCUT2D eigenvalue weighted by atomic mass is 10.0. The average Bonchev–Trinajstić information content (AvgIpc) is 3.22. The number of anilines is 1. The predicted octanol–water partition coefficient (Wildman–Crippen LogP) is 3.60. The molecular formula is C20H18N4O2. The van der Waals surface area contributed by atoms with Crippen LogP contribution in [0.4, 0.5) is 5.82 Å². The molecule has 3 heterocycles. The number of para-hydroxylation sites is 1. The molecule has 0 aliphatic carbocycles. The van der Waals surface area contributed by atoms with Gasteiger partial charge in [-0.2, -0.15) is 0 Å². The van der Waals surface area contributed by atoms with Gasteiger partial charge in [0.05, 0.1) is 18.3 Å². The van der Waals surface area contributed by atoms with Gasteiger partial charge in [0.2, 0.25) is 0 Å². The molecule has 130 valence electrons. The van der Waals surface area contributed by atoms with Crippen LogP contribution in [0.1, 0.15) is 12.7 Å². The second-order valence-corrected chi connectivity index (χ2v) is 6.25. The summed E-state index contributed by atoms with van der Waals surface area (Å²) in [7, 11) is 0. The van der Waals surface area contributed by atoms with Gasteiger partial charge in [0.1, 0.15) is 17.2 Å². The van der Waals surface area contributed by atoms with Crippen molar-refractivity contribution in [2.45, 2.75) is 12.5 Å². The lowest BCUT2D eigenvalue weighted by Gasteiger charge is -2.22. The third-order valence-electron chi connectivity index (χ3n) is 4.19. The van der Waals surface area contributed by atoms with Crippen molar-refractivity contribution in [3.05, 3.63) is 72.9 Å². The zero-order valence-corrected chi connectivity index (χ0v) is 14.3. The summed E-state index contributed by atoms with van der Waals surface area (Å²) in [6.07, 6.45) is 4.97. The van der Waals surface area contributed by atoms with Crippen molar-refractivity contribution in [1.29, 1.82) is 0 Å². The van der Waals surface area contributed by atoms with Crippen molar-refractivity contribution in [3.63, 3.8) is 0 Å². The first-order chi connectivity index (χ1) is 12.6. The first kappa shape index (κ1) is 16.2. The van der Waals surface area contributed by atoms with Crippen LogP contribution in [-0.2, 0) is 5.60 Å². The van der Waals surface area contributed by atoms with E-state index in [0.717, 1.165) is 16.5 Å². The lowest BCUT2D eigenvalue weighted by Crippen LogP contribution is -2.30. The fraction of sp³-hybridized carbons (Fsp3) is 0.150. The number of nitrogens with zero attached hydrogens (tertiary/aromatic N) is 3. The number of furan rings is 1. The molecule has 1 unspecified atom stereocenters. The van der Waals surface area contributed by atoms with Crippen LogP contribution in [0.3, 0.4) is 0 Å². The Morgan fingerprint density at radius 3 is 2.62 bits per heavy atom. The first-order valence-corrected chi connectivity index (χ1v) is 8.31. The molecule has 0 amide bonds. The highest BCUT2D eigenvalue weighted by Gasteiger charge is 2.26. The highest BCUT2D eigenvalue weighted by Crippen LogP contribution is 2.27. The fourth-order valence-electron chi connectivity index (χ4n) is 2.77. The van der Waals surface area contributed by atoms with Crippen molar-refractivity contribution in [2.24, 2.45) is 0 Å². The number of aromatic nitrogens is 3. The van der Waals surface area contributed by atoms with Crippen LogP contribution in [0.25, 0.3) is 22.3 Å². The molecule has 0 spiro atoms. The minimum Gasteiger partial charge on any atom is -0.466 e. The smallest absolute Gasteiger partial charge is 0.162 e. The summed E-state index contributed by atoms with van der Waals surface area (Å²) < 4.78 is 5.34. The number of hydrogen-bond acceptors (Lipinski definition) is 6. The topological polar surface area (TPSA) is 84.1 Å². The van der Waals surface area contributed by atoms with E-state index in [-0.39, 0.29) is 6.54 Å². The van der Waals surface area contributed by atoms with Crippen LogP contribution < -0.4 is 5.32 Å². The maximum absolute atomic E-state index is 10.7. The van der Waals surface area contributed by atoms with E-state index in [9.17, 15) is 5.11 Å². The monoisotopic (exact) mass is 346 g/mol. The molecule has 4 aromatic rings. The summed E-state index contributed by atoms with van der Waals surface area (Å²) in [5, 5.41) is 14.8. The molecule has 6 nitrogen and oxygen atoms in total. The number of aliphatic hydroxyl groups is 1. The Kier molecular flexibility index (Phi) is 4.10. The van der Waals surface area contributed by atoms with E-state index < -0.39 is 5.60 Å². The van der Waals surface area contributed by atoms with E-state index >= 15 is 0 Å². The van der Waals surface area contributed by atoms with Gasteiger partial charge >= 0.3 is 0 Å². The summed E-state index contributed by atoms with van der Waals surface area (Å²) in [5.74, 6) is 1.76. The third kappa shape index (κ3) is 3.14. The molecular weight excluding hydrogens is 328 g/mol. The van der Waals surface area contributed by atoms with Crippen LogP contribution >= 0.6 is 0 Å². The molecule has 1 atom stereocenters. The molecule has 0 saturated heterocycles. The summed E-state index contributed by atoms with van der Waals surface area (Å²) in [6.45, 7) is 1.95. The Hall–Kier alpha value is -3.25. The second kappa shape index (κ2) is 6.57. The minimum absolute atomic E-state index is 0.247. The lowest BCUT2D eigenvalue weighted by molar-refractivity contribution is 0.0476. The molecule has 0 saturated carbocycles. The summed E-state index contributed by atoms with van der Waals surface area (Å²) in [4.78, 5) is 13.3. The van der Waals surface area contributed by atoms with E-state index in [1.54, 1.807) is 37.7 Å². The second-order valence-electron chi connectivity index (χ2n) is 6.25. The largest absolute Gasteiger partial charge is 0.466 e. The molecule has 0 bridgehead atoms. The normalized spacial score (nSPS) is 13.5. The van der Waals surface area contributed by atoms with Gasteiger partial charge in [-0.05, 0) is 43.3 Å². The quantitative estimate of drug-likeness (QED) is 0.574. The van der Waals surface area contributed by atoms with Gasteiger partial charge in [0, 0.05) is 23.3 Å². The molecule has 3 aromatic heterocycles. The van der Waals surface area contributed by atoms with E-state index in [0.29, 0.717) is 17.4 Å². The highest BCUT2D eigenvalue weighted by atomic mass is 16.4. The van der Waals surface area contributed by atoms with Crippen LogP contribution in [-0.4, -0.2) is 26.6 Å². The number of hydrogen-bond donors (Lipinski definition) is 2. The minimum atomic E-state index is -1.16. The first-order valence-electron chi connectivity index (χ1n) is 8.31. The Bertz CT molecular complexity index is 1010. The van der Waals surface area contributed by atoms with E-state index in [1.807, 2.05) is 36.4 Å². The van der Waals surface area contributed by atoms with Crippen molar-refractivity contribution >= 4 is 16.7 Å². The van der Waals surface area contributed by atoms with Gasteiger partial charge in [0.25, 0.3) is 0 Å². The van der Waals surface area contributed by atoms with Gasteiger partial charge in [-0.15, -0.1) is 0 Å². The fourth-order valence-corrected chi connectivity index (χ4v) is 2.77. The van der Waals surface area contributed by atoms with Gasteiger partial charge < -0.3 is 14.8 Å². The van der Waals surface area contributed by atoms with E-state index in [1.165, 1.54) is 0 Å². The number of pyridine rings is 1. The number of rotatable bonds is 5. The van der Waals surface area contributed by atoms with Crippen molar-refractivity contribution in [1.82, 2.24) is 15.0 Å². The standard InChI is InChI=1S/C20H18N4O2/c1-20(25,17-7-4-12-26-17)13-22-19-15-5-2-3-6-16(15)23-18(24-19)14-8-10-21-11-9-14/h2-12,25H,13H2,1H3,(H,22,23,24). The number of fused-ring (bicyclic) bond motifs is 1. The molecule has 26 heavy (non-hydrogen) atoms. The van der Waals surface area contributed by atoms with Crippen molar-refractivity contribution < 1.29 is 9.52 Å². The maximum atomic E-state index is 10.7. The Balaban J connectivity index is 1.72. The van der Waals surface area contributed by atoms with Gasteiger partial charge in [-0.3, -0.25) is 4.98 Å². The van der Waals surface area contributed by atoms with Crippen LogP contribution in [0.2, 0.25) is 0 Å². The maximum Gasteiger partial charge on any atom is 0.162 e. The van der Waals surface area contributed by atoms with Crippen LogP contribution in [0, 0.1) is 0 Å². The molecule has 0 fully saturated rings. The summed E-state index contributed by atoms with van der Waals surface area (Å²) in [5.41, 5.74) is 0.549. The van der Waals surface area contributed by atoms with Gasteiger partial charge in [0.15, 0.2) is 5.82 Å². The molecule has 4 rings (SSSR count). The predicted molar refractivity (Wildman–Crippen MR) is 99.5 cm³/mol. The molecule has 0 aliphatic rings. The Morgan fingerprint density at radius 1 is 1.04 bits per heavy atom. The average molecular weight is 346 g/mol. The molecule has 2 N–H and O–H groups in total. The molecule has 0 radical (unpaired) electrons. The SMILES string of the molecule is CC(O)(CNc1nc(-c2ccncc2)nc2ccccc12)c1ccco1. The zero-order valence-electron chi connectivity index (χ0n) is 14.3. The van der Waals surface area contributed by atoms with Crippen molar-refractivity contribution in [3.8, 4) is 11.4 Å². The number of nitrogens with one attached hydrogen (secondary N) is 1. The summed E-state index contributed by atoms with van der Waals surface area (Å²) >= 11 is 0. The highest BCUT2D eigenvalue weighted by molar-refractivity contribution is 5.90. The van der Waals surface area contributed by atoms with Gasteiger partial charge in [-0.25, -0.2) is 9.97 Å². The van der Waals surface area contributed by atoms with Crippen LogP contribution in [0.5, 0.6) is 0 Å². The Labute approximate surface area is 150 Å². The third-order valence-corrected chi connectivity index (χ3v) is 4.19. The van der Waals surface area contributed by atoms with Gasteiger partial charge in [-0.1, -0.05) is 12.1 Å². The molecule has 0 aliphatic heterocycles. The summed E-state index contributed by atoms with van der Waals surface area (Å²) in [6, 6.07) is 15.0. The molecule has 6 heteroatoms. The van der Waals surface area contributed by atoms with Crippen LogP contribution in [0.15, 0.2) is 71.6 Å². The molecule has 1 aromatic carbocycles. The van der Waals surface area contributed by atoms with Crippen molar-refractivity contribution in [2.75, 3.05) is 11.9 Å². The van der Waals surface area contributed by atoms with E-state index in [2.05, 4.69) is 20.3 Å². The number of benzene rings is 1.